The molecular weight excluding hydrogens is 240 g/mol. The van der Waals surface area contributed by atoms with Gasteiger partial charge in [0.05, 0.1) is 0 Å². The number of nitrogens with zero attached hydrogens (tertiary/aromatic N) is 1. The lowest BCUT2D eigenvalue weighted by Crippen LogP contribution is -2.22. The van der Waals surface area contributed by atoms with Gasteiger partial charge in [-0.15, -0.1) is 0 Å². The van der Waals surface area contributed by atoms with Gasteiger partial charge in [-0.2, -0.15) is 0 Å². The predicted molar refractivity (Wildman–Crippen MR) is 78.3 cm³/mol. The molecule has 0 spiro atoms. The maximum atomic E-state index is 10.9. The minimum atomic E-state index is -0.730. The predicted octanol–water partition coefficient (Wildman–Crippen LogP) is 3.33. The first-order valence-corrected chi connectivity index (χ1v) is 6.80. The van der Waals surface area contributed by atoms with E-state index in [1.807, 2.05) is 26.0 Å². The fourth-order valence-electron chi connectivity index (χ4n) is 2.18. The molecule has 4 heteroatoms. The summed E-state index contributed by atoms with van der Waals surface area (Å²) in [6, 6.07) is 8.12. The van der Waals surface area contributed by atoms with Crippen molar-refractivity contribution < 1.29 is 9.53 Å². The quantitative estimate of drug-likeness (QED) is 0.857. The Morgan fingerprint density at radius 2 is 1.74 bits per heavy atom. The minimum absolute atomic E-state index is 0.187. The molecule has 0 aliphatic carbocycles. The topological polar surface area (TPSA) is 55.6 Å². The van der Waals surface area contributed by atoms with Crippen molar-refractivity contribution in [2.24, 2.45) is 11.7 Å². The van der Waals surface area contributed by atoms with Crippen LogP contribution in [0.15, 0.2) is 24.3 Å². The minimum Gasteiger partial charge on any atom is -0.441 e. The summed E-state index contributed by atoms with van der Waals surface area (Å²) in [5.41, 5.74) is 7.27. The first-order valence-electron chi connectivity index (χ1n) is 6.80. The number of hydrogen-bond acceptors (Lipinski definition) is 3. The molecule has 19 heavy (non-hydrogen) atoms. The molecule has 0 saturated heterocycles. The van der Waals surface area contributed by atoms with Crippen LogP contribution in [0.4, 0.5) is 10.5 Å². The van der Waals surface area contributed by atoms with E-state index in [0.29, 0.717) is 0 Å². The van der Waals surface area contributed by atoms with Gasteiger partial charge in [0, 0.05) is 18.8 Å². The van der Waals surface area contributed by atoms with Gasteiger partial charge in [-0.3, -0.25) is 0 Å². The summed E-state index contributed by atoms with van der Waals surface area (Å²) in [7, 11) is 0. The van der Waals surface area contributed by atoms with Crippen LogP contribution >= 0.6 is 0 Å². The fourth-order valence-corrected chi connectivity index (χ4v) is 2.18. The third-order valence-corrected chi connectivity index (χ3v) is 3.20. The molecule has 1 aromatic rings. The molecular formula is C15H24N2O2. The first-order chi connectivity index (χ1) is 8.99. The standard InChI is InChI=1S/C15H24N2O2/c1-5-17(6-2)13-9-7-12(8-10-13)14(11(3)4)19-15(16)18/h7-11,14H,5-6H2,1-4H3,(H2,16,18). The largest absolute Gasteiger partial charge is 0.441 e. The normalized spacial score (nSPS) is 12.3. The van der Waals surface area contributed by atoms with E-state index in [0.717, 1.165) is 18.7 Å². The number of primary amides is 1. The van der Waals surface area contributed by atoms with Crippen molar-refractivity contribution in [2.75, 3.05) is 18.0 Å². The van der Waals surface area contributed by atoms with Crippen LogP contribution in [-0.2, 0) is 4.74 Å². The van der Waals surface area contributed by atoms with Crippen LogP contribution < -0.4 is 10.6 Å². The molecule has 0 aliphatic rings. The highest BCUT2D eigenvalue weighted by Gasteiger charge is 2.19. The lowest BCUT2D eigenvalue weighted by Gasteiger charge is -2.24. The van der Waals surface area contributed by atoms with Gasteiger partial charge in [0.15, 0.2) is 0 Å². The van der Waals surface area contributed by atoms with E-state index < -0.39 is 6.09 Å². The summed E-state index contributed by atoms with van der Waals surface area (Å²) >= 11 is 0. The van der Waals surface area contributed by atoms with Gasteiger partial charge in [0.2, 0.25) is 0 Å². The van der Waals surface area contributed by atoms with Crippen molar-refractivity contribution in [3.05, 3.63) is 29.8 Å². The number of carbonyl (C=O) groups excluding carboxylic acids is 1. The molecule has 2 N–H and O–H groups in total. The molecule has 0 bridgehead atoms. The van der Waals surface area contributed by atoms with E-state index in [2.05, 4.69) is 30.9 Å². The molecule has 1 aromatic carbocycles. The summed E-state index contributed by atoms with van der Waals surface area (Å²) in [5.74, 6) is 0.187. The zero-order valence-corrected chi connectivity index (χ0v) is 12.2. The van der Waals surface area contributed by atoms with Crippen LogP contribution in [0.1, 0.15) is 39.4 Å². The maximum Gasteiger partial charge on any atom is 0.405 e. The molecule has 0 radical (unpaired) electrons. The van der Waals surface area contributed by atoms with E-state index in [1.165, 1.54) is 5.69 Å². The number of ether oxygens (including phenoxy) is 1. The molecule has 106 valence electrons. The van der Waals surface area contributed by atoms with Crippen LogP contribution in [0, 0.1) is 5.92 Å². The molecule has 0 aromatic heterocycles. The second kappa shape index (κ2) is 7.02. The van der Waals surface area contributed by atoms with Gasteiger partial charge in [0.1, 0.15) is 6.10 Å². The number of nitrogens with two attached hydrogens (primary N) is 1. The third kappa shape index (κ3) is 4.16. The zero-order chi connectivity index (χ0) is 14.4. The van der Waals surface area contributed by atoms with Crippen LogP contribution in [0.3, 0.4) is 0 Å². The highest BCUT2D eigenvalue weighted by atomic mass is 16.6. The lowest BCUT2D eigenvalue weighted by atomic mass is 9.98. The summed E-state index contributed by atoms with van der Waals surface area (Å²) in [4.78, 5) is 13.2. The summed E-state index contributed by atoms with van der Waals surface area (Å²) in [6.07, 6.45) is -1.02. The summed E-state index contributed by atoms with van der Waals surface area (Å²) in [5, 5.41) is 0. The van der Waals surface area contributed by atoms with Gasteiger partial charge in [-0.25, -0.2) is 4.79 Å². The van der Waals surface area contributed by atoms with Gasteiger partial charge in [-0.1, -0.05) is 26.0 Å². The molecule has 1 amide bonds. The van der Waals surface area contributed by atoms with Crippen LogP contribution in [0.5, 0.6) is 0 Å². The molecule has 1 atom stereocenters. The Morgan fingerprint density at radius 1 is 1.21 bits per heavy atom. The number of anilines is 1. The van der Waals surface area contributed by atoms with E-state index in [9.17, 15) is 4.79 Å². The highest BCUT2D eigenvalue weighted by molar-refractivity contribution is 5.65. The summed E-state index contributed by atoms with van der Waals surface area (Å²) < 4.78 is 5.18. The van der Waals surface area contributed by atoms with Crippen molar-refractivity contribution in [1.82, 2.24) is 0 Å². The van der Waals surface area contributed by atoms with Crippen LogP contribution in [0.25, 0.3) is 0 Å². The number of hydrogen-bond donors (Lipinski definition) is 1. The smallest absolute Gasteiger partial charge is 0.405 e. The summed E-state index contributed by atoms with van der Waals surface area (Å²) in [6.45, 7) is 10.2. The molecule has 1 rings (SSSR count). The monoisotopic (exact) mass is 264 g/mol. The van der Waals surface area contributed by atoms with Crippen molar-refractivity contribution >= 4 is 11.8 Å². The molecule has 0 heterocycles. The molecule has 0 aliphatic heterocycles. The fraction of sp³-hybridized carbons (Fsp3) is 0.533. The number of rotatable bonds is 6. The Bertz CT molecular complexity index is 397. The van der Waals surface area contributed by atoms with Crippen molar-refractivity contribution in [1.29, 1.82) is 0 Å². The van der Waals surface area contributed by atoms with Crippen molar-refractivity contribution in [3.8, 4) is 0 Å². The first kappa shape index (κ1) is 15.3. The average molecular weight is 264 g/mol. The SMILES string of the molecule is CCN(CC)c1ccc(C(OC(N)=O)C(C)C)cc1. The number of benzene rings is 1. The number of carbonyl (C=O) groups is 1. The zero-order valence-electron chi connectivity index (χ0n) is 12.2. The number of amides is 1. The maximum absolute atomic E-state index is 10.9. The van der Waals surface area contributed by atoms with Gasteiger partial charge in [0.25, 0.3) is 0 Å². The second-order valence-electron chi connectivity index (χ2n) is 4.87. The van der Waals surface area contributed by atoms with E-state index in [1.54, 1.807) is 0 Å². The lowest BCUT2D eigenvalue weighted by molar-refractivity contribution is 0.0784. The van der Waals surface area contributed by atoms with E-state index >= 15 is 0 Å². The third-order valence-electron chi connectivity index (χ3n) is 3.20. The van der Waals surface area contributed by atoms with Gasteiger partial charge in [-0.05, 0) is 37.5 Å². The van der Waals surface area contributed by atoms with Gasteiger partial charge >= 0.3 is 6.09 Å². The second-order valence-corrected chi connectivity index (χ2v) is 4.87. The Kier molecular flexibility index (Phi) is 5.67. The molecule has 4 nitrogen and oxygen atoms in total. The van der Waals surface area contributed by atoms with E-state index in [-0.39, 0.29) is 12.0 Å². The Hall–Kier alpha value is -1.71. The Balaban J connectivity index is 2.91. The Morgan fingerprint density at radius 3 is 2.11 bits per heavy atom. The average Bonchev–Trinajstić information content (AvgIpc) is 2.38. The van der Waals surface area contributed by atoms with Crippen LogP contribution in [0.2, 0.25) is 0 Å². The molecule has 0 fully saturated rings. The Labute approximate surface area is 115 Å². The van der Waals surface area contributed by atoms with Gasteiger partial charge < -0.3 is 15.4 Å². The van der Waals surface area contributed by atoms with Crippen LogP contribution in [-0.4, -0.2) is 19.2 Å². The highest BCUT2D eigenvalue weighted by Crippen LogP contribution is 2.27. The van der Waals surface area contributed by atoms with Crippen molar-refractivity contribution in [2.45, 2.75) is 33.8 Å². The van der Waals surface area contributed by atoms with Crippen molar-refractivity contribution in [3.63, 3.8) is 0 Å². The van der Waals surface area contributed by atoms with E-state index in [4.69, 9.17) is 10.5 Å². The molecule has 1 unspecified atom stereocenters. The molecule has 0 saturated carbocycles.